The van der Waals surface area contributed by atoms with Crippen LogP contribution in [0.3, 0.4) is 0 Å². The number of carbonyl (C=O) groups is 1. The summed E-state index contributed by atoms with van der Waals surface area (Å²) in [5.41, 5.74) is 1.82. The number of ether oxygens (including phenoxy) is 1. The van der Waals surface area contributed by atoms with Crippen LogP contribution in [0.25, 0.3) is 0 Å². The minimum absolute atomic E-state index is 0.00535. The van der Waals surface area contributed by atoms with Crippen LogP contribution in [0.4, 0.5) is 0 Å². The third-order valence-corrected chi connectivity index (χ3v) is 4.59. The molecule has 1 aliphatic rings. The molecule has 0 radical (unpaired) electrons. The number of fused-ring (bicyclic) bond motifs is 1. The Labute approximate surface area is 140 Å². The number of nitrogens with one attached hydrogen (secondary N) is 1. The second-order valence-electron chi connectivity index (χ2n) is 5.78. The first kappa shape index (κ1) is 15.9. The minimum Gasteiger partial charge on any atom is -0.488 e. The minimum atomic E-state index is -0.0965. The van der Waals surface area contributed by atoms with Crippen LogP contribution in [0.5, 0.6) is 5.75 Å². The van der Waals surface area contributed by atoms with Gasteiger partial charge in [-0.1, -0.05) is 32.0 Å². The predicted octanol–water partition coefficient (Wildman–Crippen LogP) is 3.32. The van der Waals surface area contributed by atoms with Crippen LogP contribution in [0.15, 0.2) is 47.6 Å². The average Bonchev–Trinajstić information content (AvgIpc) is 2.95. The van der Waals surface area contributed by atoms with E-state index in [4.69, 9.17) is 4.74 Å². The number of hydrogen-bond acceptors (Lipinski definition) is 4. The van der Waals surface area contributed by atoms with E-state index in [2.05, 4.69) is 30.2 Å². The van der Waals surface area contributed by atoms with Crippen LogP contribution < -0.4 is 10.1 Å². The zero-order valence-electron chi connectivity index (χ0n) is 13.3. The third kappa shape index (κ3) is 3.85. The van der Waals surface area contributed by atoms with Crippen LogP contribution >= 0.6 is 11.8 Å². The van der Waals surface area contributed by atoms with Crippen LogP contribution in [-0.2, 0) is 6.42 Å². The van der Waals surface area contributed by atoms with Gasteiger partial charge in [0.25, 0.3) is 5.91 Å². The molecule has 1 amide bonds. The van der Waals surface area contributed by atoms with Crippen molar-refractivity contribution in [2.45, 2.75) is 36.6 Å². The molecule has 0 fully saturated rings. The number of rotatable bonds is 5. The average molecular weight is 328 g/mol. The SMILES string of the molecule is CC(C)Sc1ncccc1C(=O)NC[C@@H]1Cc2ccccc2O1. The fourth-order valence-electron chi connectivity index (χ4n) is 2.55. The Morgan fingerprint density at radius 2 is 2.17 bits per heavy atom. The van der Waals surface area contributed by atoms with Gasteiger partial charge in [-0.2, -0.15) is 0 Å². The molecule has 1 aliphatic heterocycles. The van der Waals surface area contributed by atoms with E-state index in [-0.39, 0.29) is 12.0 Å². The van der Waals surface area contributed by atoms with Crippen molar-refractivity contribution in [1.82, 2.24) is 10.3 Å². The molecule has 1 aromatic carbocycles. The predicted molar refractivity (Wildman–Crippen MR) is 92.1 cm³/mol. The van der Waals surface area contributed by atoms with E-state index < -0.39 is 0 Å². The first-order valence-electron chi connectivity index (χ1n) is 7.78. The summed E-state index contributed by atoms with van der Waals surface area (Å²) < 4.78 is 5.85. The van der Waals surface area contributed by atoms with Gasteiger partial charge in [-0.3, -0.25) is 4.79 Å². The van der Waals surface area contributed by atoms with Gasteiger partial charge in [-0.15, -0.1) is 11.8 Å². The molecule has 0 aliphatic carbocycles. The van der Waals surface area contributed by atoms with Crippen molar-refractivity contribution >= 4 is 17.7 Å². The van der Waals surface area contributed by atoms with Gasteiger partial charge >= 0.3 is 0 Å². The van der Waals surface area contributed by atoms with Gasteiger partial charge in [0.1, 0.15) is 16.9 Å². The number of thioether (sulfide) groups is 1. The van der Waals surface area contributed by atoms with Crippen LogP contribution in [0.2, 0.25) is 0 Å². The lowest BCUT2D eigenvalue weighted by atomic mass is 10.1. The summed E-state index contributed by atoms with van der Waals surface area (Å²) >= 11 is 1.60. The van der Waals surface area contributed by atoms with Crippen LogP contribution in [0, 0.1) is 0 Å². The fourth-order valence-corrected chi connectivity index (χ4v) is 3.41. The maximum atomic E-state index is 12.5. The normalized spacial score (nSPS) is 16.0. The summed E-state index contributed by atoms with van der Waals surface area (Å²) in [6.45, 7) is 4.67. The van der Waals surface area contributed by atoms with Crippen molar-refractivity contribution in [3.63, 3.8) is 0 Å². The zero-order valence-corrected chi connectivity index (χ0v) is 14.1. The Hall–Kier alpha value is -2.01. The Morgan fingerprint density at radius 1 is 1.35 bits per heavy atom. The second-order valence-corrected chi connectivity index (χ2v) is 7.35. The molecule has 0 saturated carbocycles. The second kappa shape index (κ2) is 7.04. The lowest BCUT2D eigenvalue weighted by Crippen LogP contribution is -2.34. The van der Waals surface area contributed by atoms with E-state index in [1.54, 1.807) is 24.0 Å². The molecule has 2 heterocycles. The highest BCUT2D eigenvalue weighted by Gasteiger charge is 2.23. The lowest BCUT2D eigenvalue weighted by molar-refractivity contribution is 0.0930. The summed E-state index contributed by atoms with van der Waals surface area (Å²) in [7, 11) is 0. The third-order valence-electron chi connectivity index (χ3n) is 3.57. The summed E-state index contributed by atoms with van der Waals surface area (Å²) in [5, 5.41) is 4.12. The molecular formula is C18H20N2O2S. The van der Waals surface area contributed by atoms with Crippen molar-refractivity contribution in [2.24, 2.45) is 0 Å². The summed E-state index contributed by atoms with van der Waals surface area (Å²) in [5.74, 6) is 0.824. The molecule has 0 saturated heterocycles. The van der Waals surface area contributed by atoms with E-state index in [0.717, 1.165) is 17.2 Å². The Kier molecular flexibility index (Phi) is 4.86. The van der Waals surface area contributed by atoms with Crippen molar-refractivity contribution in [1.29, 1.82) is 0 Å². The number of pyridine rings is 1. The first-order chi connectivity index (χ1) is 11.1. The van der Waals surface area contributed by atoms with E-state index in [1.807, 2.05) is 24.3 Å². The molecule has 120 valence electrons. The quantitative estimate of drug-likeness (QED) is 0.856. The molecule has 0 bridgehead atoms. The summed E-state index contributed by atoms with van der Waals surface area (Å²) in [6.07, 6.45) is 2.55. The molecule has 3 rings (SSSR count). The van der Waals surface area contributed by atoms with Gasteiger partial charge in [0.05, 0.1) is 12.1 Å². The molecular weight excluding hydrogens is 308 g/mol. The molecule has 5 heteroatoms. The first-order valence-corrected chi connectivity index (χ1v) is 8.66. The fraction of sp³-hybridized carbons (Fsp3) is 0.333. The van der Waals surface area contributed by atoms with Crippen molar-refractivity contribution in [3.8, 4) is 5.75 Å². The lowest BCUT2D eigenvalue weighted by Gasteiger charge is -2.13. The molecule has 2 aromatic rings. The number of carbonyl (C=O) groups excluding carboxylic acids is 1. The van der Waals surface area contributed by atoms with Crippen molar-refractivity contribution in [2.75, 3.05) is 6.54 Å². The summed E-state index contributed by atoms with van der Waals surface area (Å²) in [6, 6.07) is 11.6. The largest absolute Gasteiger partial charge is 0.488 e. The molecule has 0 unspecified atom stereocenters. The monoisotopic (exact) mass is 328 g/mol. The van der Waals surface area contributed by atoms with E-state index in [1.165, 1.54) is 5.56 Å². The maximum Gasteiger partial charge on any atom is 0.254 e. The highest BCUT2D eigenvalue weighted by Crippen LogP contribution is 2.28. The number of para-hydroxylation sites is 1. The van der Waals surface area contributed by atoms with Gasteiger partial charge in [0.15, 0.2) is 0 Å². The number of hydrogen-bond donors (Lipinski definition) is 1. The van der Waals surface area contributed by atoms with Gasteiger partial charge in [0, 0.05) is 17.9 Å². The van der Waals surface area contributed by atoms with Gasteiger partial charge in [-0.05, 0) is 23.8 Å². The Bertz CT molecular complexity index is 678. The van der Waals surface area contributed by atoms with Crippen molar-refractivity contribution in [3.05, 3.63) is 53.7 Å². The maximum absolute atomic E-state index is 12.5. The number of amides is 1. The summed E-state index contributed by atoms with van der Waals surface area (Å²) in [4.78, 5) is 16.8. The Balaban J connectivity index is 1.61. The smallest absolute Gasteiger partial charge is 0.254 e. The molecule has 1 N–H and O–H groups in total. The topological polar surface area (TPSA) is 51.2 Å². The molecule has 0 spiro atoms. The molecule has 4 nitrogen and oxygen atoms in total. The van der Waals surface area contributed by atoms with E-state index in [9.17, 15) is 4.79 Å². The van der Waals surface area contributed by atoms with Gasteiger partial charge < -0.3 is 10.1 Å². The molecule has 23 heavy (non-hydrogen) atoms. The highest BCUT2D eigenvalue weighted by atomic mass is 32.2. The number of nitrogens with zero attached hydrogens (tertiary/aromatic N) is 1. The standard InChI is InChI=1S/C18H20N2O2S/c1-12(2)23-18-15(7-5-9-19-18)17(21)20-11-14-10-13-6-3-4-8-16(13)22-14/h3-9,12,14H,10-11H2,1-2H3,(H,20,21)/t14-/m0/s1. The molecule has 1 aromatic heterocycles. The van der Waals surface area contributed by atoms with Crippen LogP contribution in [0.1, 0.15) is 29.8 Å². The Morgan fingerprint density at radius 3 is 2.96 bits per heavy atom. The zero-order chi connectivity index (χ0) is 16.2. The van der Waals surface area contributed by atoms with E-state index >= 15 is 0 Å². The van der Waals surface area contributed by atoms with Gasteiger partial charge in [-0.25, -0.2) is 4.98 Å². The van der Waals surface area contributed by atoms with E-state index in [0.29, 0.717) is 17.4 Å². The highest BCUT2D eigenvalue weighted by molar-refractivity contribution is 7.99. The van der Waals surface area contributed by atoms with Crippen molar-refractivity contribution < 1.29 is 9.53 Å². The number of aromatic nitrogens is 1. The van der Waals surface area contributed by atoms with Gasteiger partial charge in [0.2, 0.25) is 0 Å². The number of benzene rings is 1. The molecule has 1 atom stereocenters. The van der Waals surface area contributed by atoms with Crippen LogP contribution in [-0.4, -0.2) is 28.8 Å².